The van der Waals surface area contributed by atoms with Crippen molar-refractivity contribution in [3.05, 3.63) is 82.1 Å². The average molecular weight is 451 g/mol. The van der Waals surface area contributed by atoms with Crippen molar-refractivity contribution in [3.63, 3.8) is 0 Å². The second-order valence-electron chi connectivity index (χ2n) is 7.74. The highest BCUT2D eigenvalue weighted by molar-refractivity contribution is 6.31. The normalized spacial score (nSPS) is 11.0. The topological polar surface area (TPSA) is 45.5 Å². The van der Waals surface area contributed by atoms with Crippen LogP contribution in [-0.4, -0.2) is 23.8 Å². The summed E-state index contributed by atoms with van der Waals surface area (Å²) >= 11 is 6.22. The number of hydrogen-bond acceptors (Lipinski definition) is 4. The highest BCUT2D eigenvalue weighted by Gasteiger charge is 2.14. The van der Waals surface area contributed by atoms with Crippen molar-refractivity contribution >= 4 is 22.6 Å². The van der Waals surface area contributed by atoms with Crippen LogP contribution in [0, 0.1) is 13.8 Å². The molecule has 0 saturated heterocycles. The van der Waals surface area contributed by atoms with Crippen LogP contribution in [0.3, 0.4) is 0 Å². The zero-order valence-electron chi connectivity index (χ0n) is 18.8. The van der Waals surface area contributed by atoms with Gasteiger partial charge >= 0.3 is 0 Å². The van der Waals surface area contributed by atoms with E-state index < -0.39 is 0 Å². The molecule has 1 heterocycles. The quantitative estimate of drug-likeness (QED) is 0.323. The Balaban J connectivity index is 1.61. The molecule has 0 radical (unpaired) electrons. The number of fused-ring (bicyclic) bond motifs is 1. The molecule has 4 aromatic rings. The van der Waals surface area contributed by atoms with Crippen LogP contribution in [0.1, 0.15) is 22.5 Å². The summed E-state index contributed by atoms with van der Waals surface area (Å²) in [5.74, 6) is 3.19. The fourth-order valence-electron chi connectivity index (χ4n) is 3.81. The van der Waals surface area contributed by atoms with Crippen molar-refractivity contribution in [2.75, 3.05) is 14.2 Å². The van der Waals surface area contributed by atoms with Crippen LogP contribution >= 0.6 is 11.6 Å². The Bertz CT molecular complexity index is 1250. The van der Waals surface area contributed by atoms with E-state index in [0.29, 0.717) is 11.6 Å². The first-order valence-corrected chi connectivity index (χ1v) is 10.9. The molecule has 0 fully saturated rings. The summed E-state index contributed by atoms with van der Waals surface area (Å²) < 4.78 is 19.2. The Morgan fingerprint density at radius 3 is 2.50 bits per heavy atom. The third-order valence-corrected chi connectivity index (χ3v) is 6.01. The molecule has 6 heteroatoms. The van der Waals surface area contributed by atoms with Gasteiger partial charge in [-0.2, -0.15) is 0 Å². The van der Waals surface area contributed by atoms with Gasteiger partial charge in [-0.3, -0.25) is 0 Å². The standard InChI is InChI=1S/C26H27ClN2O3/c1-17-6-5-7-23(18(17)2)32-16-26-28-21-15-20(27)9-10-22(21)29(26)13-12-19-8-11-24(30-3)25(14-19)31-4/h5-11,14-15H,12-13,16H2,1-4H3. The number of imidazole rings is 1. The van der Waals surface area contributed by atoms with Crippen LogP contribution in [-0.2, 0) is 19.6 Å². The first-order chi connectivity index (χ1) is 15.5. The van der Waals surface area contributed by atoms with Gasteiger partial charge in [0.25, 0.3) is 0 Å². The van der Waals surface area contributed by atoms with Crippen molar-refractivity contribution in [2.45, 2.75) is 33.4 Å². The van der Waals surface area contributed by atoms with Gasteiger partial charge in [-0.25, -0.2) is 4.98 Å². The Morgan fingerprint density at radius 1 is 0.906 bits per heavy atom. The fraction of sp³-hybridized carbons (Fsp3) is 0.269. The lowest BCUT2D eigenvalue weighted by atomic mass is 10.1. The maximum atomic E-state index is 6.22. The second kappa shape index (κ2) is 9.53. The minimum Gasteiger partial charge on any atom is -0.493 e. The number of halogens is 1. The second-order valence-corrected chi connectivity index (χ2v) is 8.18. The van der Waals surface area contributed by atoms with Gasteiger partial charge in [-0.05, 0) is 73.4 Å². The zero-order chi connectivity index (χ0) is 22.7. The minimum absolute atomic E-state index is 0.378. The molecule has 0 N–H and O–H groups in total. The molecule has 1 aromatic heterocycles. The van der Waals surface area contributed by atoms with Gasteiger partial charge in [0, 0.05) is 11.6 Å². The summed E-state index contributed by atoms with van der Waals surface area (Å²) in [4.78, 5) is 4.82. The molecule has 0 aliphatic carbocycles. The van der Waals surface area contributed by atoms with Gasteiger partial charge in [0.05, 0.1) is 25.3 Å². The van der Waals surface area contributed by atoms with Crippen molar-refractivity contribution in [1.82, 2.24) is 9.55 Å². The number of aromatic nitrogens is 2. The molecule has 0 bridgehead atoms. The molecular formula is C26H27ClN2O3. The van der Waals surface area contributed by atoms with Crippen molar-refractivity contribution in [3.8, 4) is 17.2 Å². The number of rotatable bonds is 8. The predicted molar refractivity (Wildman–Crippen MR) is 128 cm³/mol. The molecular weight excluding hydrogens is 424 g/mol. The van der Waals surface area contributed by atoms with Gasteiger partial charge in [-0.1, -0.05) is 29.8 Å². The molecule has 0 aliphatic rings. The summed E-state index contributed by atoms with van der Waals surface area (Å²) in [6, 6.07) is 17.9. The van der Waals surface area contributed by atoms with E-state index >= 15 is 0 Å². The molecule has 0 aliphatic heterocycles. The van der Waals surface area contributed by atoms with Gasteiger partial charge in [0.15, 0.2) is 11.5 Å². The summed E-state index contributed by atoms with van der Waals surface area (Å²) in [6.45, 7) is 5.29. The smallest absolute Gasteiger partial charge is 0.160 e. The summed E-state index contributed by atoms with van der Waals surface area (Å²) in [6.07, 6.45) is 0.810. The van der Waals surface area contributed by atoms with Crippen molar-refractivity contribution in [2.24, 2.45) is 0 Å². The third-order valence-electron chi connectivity index (χ3n) is 5.77. The third kappa shape index (κ3) is 4.53. The Kier molecular flexibility index (Phi) is 6.56. The first-order valence-electron chi connectivity index (χ1n) is 10.5. The van der Waals surface area contributed by atoms with Crippen LogP contribution in [0.4, 0.5) is 0 Å². The maximum Gasteiger partial charge on any atom is 0.160 e. The van der Waals surface area contributed by atoms with Gasteiger partial charge < -0.3 is 18.8 Å². The Hall–Kier alpha value is -3.18. The molecule has 0 atom stereocenters. The molecule has 3 aromatic carbocycles. The number of nitrogens with zero attached hydrogens (tertiary/aromatic N) is 2. The largest absolute Gasteiger partial charge is 0.493 e. The summed E-state index contributed by atoms with van der Waals surface area (Å²) in [5.41, 5.74) is 5.40. The minimum atomic E-state index is 0.378. The molecule has 0 spiro atoms. The van der Waals surface area contributed by atoms with Crippen molar-refractivity contribution in [1.29, 1.82) is 0 Å². The monoisotopic (exact) mass is 450 g/mol. The SMILES string of the molecule is COc1ccc(CCn2c(COc3cccc(C)c3C)nc3cc(Cl)ccc32)cc1OC. The maximum absolute atomic E-state index is 6.22. The number of methoxy groups -OCH3 is 2. The lowest BCUT2D eigenvalue weighted by Gasteiger charge is -2.14. The molecule has 4 rings (SSSR count). The highest BCUT2D eigenvalue weighted by Crippen LogP contribution is 2.29. The molecule has 166 valence electrons. The Morgan fingerprint density at radius 2 is 1.72 bits per heavy atom. The van der Waals surface area contributed by atoms with Crippen LogP contribution in [0.25, 0.3) is 11.0 Å². The number of aryl methyl sites for hydroxylation is 3. The molecule has 0 amide bonds. The van der Waals surface area contributed by atoms with Gasteiger partial charge in [0.1, 0.15) is 18.2 Å². The lowest BCUT2D eigenvalue weighted by Crippen LogP contribution is -2.10. The van der Waals surface area contributed by atoms with Crippen LogP contribution in [0.2, 0.25) is 5.02 Å². The van der Waals surface area contributed by atoms with Gasteiger partial charge in [-0.15, -0.1) is 0 Å². The van der Waals surface area contributed by atoms with E-state index in [2.05, 4.69) is 30.5 Å². The number of hydrogen-bond donors (Lipinski definition) is 0. The van der Waals surface area contributed by atoms with E-state index in [1.807, 2.05) is 42.5 Å². The van der Waals surface area contributed by atoms with Crippen LogP contribution < -0.4 is 14.2 Å². The lowest BCUT2D eigenvalue weighted by molar-refractivity contribution is 0.288. The number of ether oxygens (including phenoxy) is 3. The van der Waals surface area contributed by atoms with E-state index in [9.17, 15) is 0 Å². The van der Waals surface area contributed by atoms with Crippen LogP contribution in [0.15, 0.2) is 54.6 Å². The van der Waals surface area contributed by atoms with Crippen molar-refractivity contribution < 1.29 is 14.2 Å². The average Bonchev–Trinajstić information content (AvgIpc) is 3.14. The van der Waals surface area contributed by atoms with Gasteiger partial charge in [0.2, 0.25) is 0 Å². The Labute approximate surface area is 193 Å². The van der Waals surface area contributed by atoms with E-state index in [0.717, 1.165) is 58.2 Å². The molecule has 0 saturated carbocycles. The predicted octanol–water partition coefficient (Wildman–Crippen LogP) is 6.15. The molecule has 32 heavy (non-hydrogen) atoms. The van der Waals surface area contributed by atoms with E-state index in [1.165, 1.54) is 5.56 Å². The van der Waals surface area contributed by atoms with E-state index in [4.69, 9.17) is 30.8 Å². The van der Waals surface area contributed by atoms with Crippen LogP contribution in [0.5, 0.6) is 17.2 Å². The summed E-state index contributed by atoms with van der Waals surface area (Å²) in [7, 11) is 3.29. The fourth-order valence-corrected chi connectivity index (χ4v) is 3.98. The van der Waals surface area contributed by atoms with E-state index in [-0.39, 0.29) is 0 Å². The number of benzene rings is 3. The highest BCUT2D eigenvalue weighted by atomic mass is 35.5. The molecule has 5 nitrogen and oxygen atoms in total. The van der Waals surface area contributed by atoms with E-state index in [1.54, 1.807) is 14.2 Å². The zero-order valence-corrected chi connectivity index (χ0v) is 19.6. The summed E-state index contributed by atoms with van der Waals surface area (Å²) in [5, 5.41) is 0.670. The molecule has 0 unspecified atom stereocenters. The first kappa shape index (κ1) is 22.0.